The van der Waals surface area contributed by atoms with Gasteiger partial charge in [-0.2, -0.15) is 9.40 Å². The van der Waals surface area contributed by atoms with E-state index < -0.39 is 10.0 Å². The van der Waals surface area contributed by atoms with Gasteiger partial charge in [0.2, 0.25) is 10.0 Å². The van der Waals surface area contributed by atoms with E-state index in [1.54, 1.807) is 23.9 Å². The summed E-state index contributed by atoms with van der Waals surface area (Å²) in [5, 5.41) is 7.80. The van der Waals surface area contributed by atoms with Crippen molar-refractivity contribution in [3.05, 3.63) is 34.2 Å². The molecule has 48 heavy (non-hydrogen) atoms. The molecule has 2 N–H and O–H groups in total. The number of aromatic amines is 1. The molecule has 0 spiro atoms. The molecule has 0 radical (unpaired) electrons. The monoisotopic (exact) mass is 729 g/mol. The van der Waals surface area contributed by atoms with Gasteiger partial charge in [0.15, 0.2) is 5.52 Å². The van der Waals surface area contributed by atoms with Crippen LogP contribution in [0, 0.1) is 0 Å². The summed E-state index contributed by atoms with van der Waals surface area (Å²) in [4.78, 5) is 35.7. The number of piperazine rings is 1. The van der Waals surface area contributed by atoms with E-state index >= 15 is 0 Å². The highest BCUT2D eigenvalue weighted by atomic mass is 35.5. The zero-order valence-electron chi connectivity index (χ0n) is 28.0. The van der Waals surface area contributed by atoms with E-state index in [2.05, 4.69) is 20.3 Å². The average molecular weight is 731 g/mol. The van der Waals surface area contributed by atoms with Crippen LogP contribution in [0.5, 0.6) is 5.75 Å². The molecule has 2 saturated heterocycles. The first kappa shape index (κ1) is 39.7. The first-order chi connectivity index (χ1) is 22.2. The maximum atomic E-state index is 14.1. The maximum absolute atomic E-state index is 14.1. The molecule has 2 aromatic heterocycles. The molecule has 4 heterocycles. The highest BCUT2D eigenvalue weighted by Gasteiger charge is 2.34. The van der Waals surface area contributed by atoms with Crippen LogP contribution in [-0.2, 0) is 33.0 Å². The molecule has 1 aromatic carbocycles. The second-order valence-electron chi connectivity index (χ2n) is 12.1. The topological polar surface area (TPSA) is 152 Å². The van der Waals surface area contributed by atoms with E-state index in [9.17, 15) is 18.0 Å². The Bertz CT molecular complexity index is 1680. The van der Waals surface area contributed by atoms with Gasteiger partial charge in [-0.3, -0.25) is 19.2 Å². The van der Waals surface area contributed by atoms with Crippen LogP contribution in [0.3, 0.4) is 0 Å². The summed E-state index contributed by atoms with van der Waals surface area (Å²) in [6.45, 7) is 9.54. The van der Waals surface area contributed by atoms with Crippen LogP contribution >= 0.6 is 24.8 Å². The van der Waals surface area contributed by atoms with Gasteiger partial charge in [-0.15, -0.1) is 24.8 Å². The first-order valence-electron chi connectivity index (χ1n) is 16.6. The molecule has 5 rings (SSSR count). The average Bonchev–Trinajstić information content (AvgIpc) is 3.38. The highest BCUT2D eigenvalue weighted by Crippen LogP contribution is 2.34. The van der Waals surface area contributed by atoms with Crippen molar-refractivity contribution in [2.75, 3.05) is 52.5 Å². The number of carbonyl (C=O) groups excluding carboxylic acids is 1. The summed E-state index contributed by atoms with van der Waals surface area (Å²) >= 11 is 0. The van der Waals surface area contributed by atoms with E-state index in [0.29, 0.717) is 80.2 Å². The van der Waals surface area contributed by atoms with Crippen molar-refractivity contribution in [3.63, 3.8) is 0 Å². The lowest BCUT2D eigenvalue weighted by Crippen LogP contribution is -2.45. The molecule has 3 aromatic rings. The van der Waals surface area contributed by atoms with Crippen molar-refractivity contribution in [1.29, 1.82) is 0 Å². The number of ether oxygens (including phenoxy) is 2. The molecule has 2 aliphatic rings. The number of nitrogens with zero attached hydrogens (tertiary/aromatic N) is 5. The normalized spacial score (nSPS) is 17.4. The van der Waals surface area contributed by atoms with Crippen molar-refractivity contribution in [2.24, 2.45) is 7.05 Å². The molecule has 0 bridgehead atoms. The van der Waals surface area contributed by atoms with Crippen LogP contribution in [0.2, 0.25) is 0 Å². The van der Waals surface area contributed by atoms with E-state index in [1.165, 1.54) is 10.4 Å². The molecule has 0 amide bonds. The molecule has 1 unspecified atom stereocenters. The Labute approximate surface area is 295 Å². The van der Waals surface area contributed by atoms with Crippen LogP contribution in [0.15, 0.2) is 27.9 Å². The van der Waals surface area contributed by atoms with Gasteiger partial charge in [0.25, 0.3) is 5.56 Å². The third-order valence-electron chi connectivity index (χ3n) is 8.66. The van der Waals surface area contributed by atoms with Gasteiger partial charge >= 0.3 is 5.97 Å². The van der Waals surface area contributed by atoms with Crippen LogP contribution < -0.4 is 15.6 Å². The van der Waals surface area contributed by atoms with Gasteiger partial charge < -0.3 is 19.8 Å². The lowest BCUT2D eigenvalue weighted by molar-refractivity contribution is -0.144. The Morgan fingerprint density at radius 2 is 1.83 bits per heavy atom. The number of fused-ring (bicyclic) bond motifs is 1. The van der Waals surface area contributed by atoms with E-state index in [-0.39, 0.29) is 53.7 Å². The highest BCUT2D eigenvalue weighted by molar-refractivity contribution is 7.89. The molecule has 2 fully saturated rings. The second kappa shape index (κ2) is 18.3. The minimum atomic E-state index is -3.91. The zero-order chi connectivity index (χ0) is 32.7. The van der Waals surface area contributed by atoms with Gasteiger partial charge in [0, 0.05) is 64.8 Å². The number of rotatable bonds is 14. The second-order valence-corrected chi connectivity index (χ2v) is 13.9. The van der Waals surface area contributed by atoms with Gasteiger partial charge in [0.1, 0.15) is 23.7 Å². The van der Waals surface area contributed by atoms with Gasteiger partial charge in [-0.1, -0.05) is 26.7 Å². The predicted octanol–water partition coefficient (Wildman–Crippen LogP) is 3.68. The predicted molar refractivity (Wildman–Crippen MR) is 190 cm³/mol. The van der Waals surface area contributed by atoms with Crippen molar-refractivity contribution in [1.82, 2.24) is 34.3 Å². The maximum Gasteiger partial charge on any atom is 0.305 e. The molecular weight excluding hydrogens is 681 g/mol. The molecule has 0 aliphatic carbocycles. The molecule has 0 saturated carbocycles. The van der Waals surface area contributed by atoms with Crippen molar-refractivity contribution in [2.45, 2.75) is 76.2 Å². The fraction of sp³-hybridized carbons (Fsp3) is 0.625. The van der Waals surface area contributed by atoms with Crippen molar-refractivity contribution >= 4 is 51.8 Å². The molecule has 2 aliphatic heterocycles. The largest absolute Gasteiger partial charge is 0.493 e. The Morgan fingerprint density at radius 3 is 2.56 bits per heavy atom. The number of hydrogen-bond donors (Lipinski definition) is 2. The fourth-order valence-corrected chi connectivity index (χ4v) is 8.00. The number of H-pyrrole nitrogens is 1. The van der Waals surface area contributed by atoms with E-state index in [1.807, 2.05) is 13.8 Å². The van der Waals surface area contributed by atoms with E-state index in [0.717, 1.165) is 51.1 Å². The van der Waals surface area contributed by atoms with Crippen LogP contribution in [0.25, 0.3) is 22.4 Å². The minimum absolute atomic E-state index is 0. The fourth-order valence-electron chi connectivity index (χ4n) is 6.26. The summed E-state index contributed by atoms with van der Waals surface area (Å²) in [6, 6.07) is 4.41. The summed E-state index contributed by atoms with van der Waals surface area (Å²) in [6.07, 6.45) is 5.13. The summed E-state index contributed by atoms with van der Waals surface area (Å²) < 4.78 is 42.8. The standard InChI is InChI=1S/C32H47N7O6S.2ClH/c1-4-8-26-29-30(37(3)36-26)32(41)35-31(34-29)25-12-11-24(22-27(25)44-20-5-2)46(42,43)39-16-7-6-9-23(39)10-13-28(40)45-21-19-38-17-14-33-15-18-38;;/h11-12,22-23,33H,4-10,13-21H2,1-3H3,(H,34,35,41);2*1H. The number of esters is 1. The van der Waals surface area contributed by atoms with Crippen molar-refractivity contribution < 1.29 is 22.7 Å². The SMILES string of the molecule is CCCOc1cc(S(=O)(=O)N2CCCCC2CCC(=O)OCCN2CCNCC2)ccc1-c1nc2c(CCC)nn(C)c2c(=O)[nH]1.Cl.Cl. The summed E-state index contributed by atoms with van der Waals surface area (Å²) in [5.74, 6) is 0.323. The van der Waals surface area contributed by atoms with Gasteiger partial charge in [-0.25, -0.2) is 13.4 Å². The van der Waals surface area contributed by atoms with Crippen LogP contribution in [-0.4, -0.2) is 102 Å². The summed E-state index contributed by atoms with van der Waals surface area (Å²) in [5.41, 5.74) is 1.83. The van der Waals surface area contributed by atoms with Gasteiger partial charge in [0.05, 0.1) is 22.8 Å². The molecule has 268 valence electrons. The number of sulfonamides is 1. The lowest BCUT2D eigenvalue weighted by Gasteiger charge is -2.34. The first-order valence-corrected chi connectivity index (χ1v) is 18.0. The molecular formula is C32H49Cl2N7O6S. The lowest BCUT2D eigenvalue weighted by atomic mass is 10.0. The number of nitrogens with one attached hydrogen (secondary N) is 2. The zero-order valence-corrected chi connectivity index (χ0v) is 30.5. The van der Waals surface area contributed by atoms with Gasteiger partial charge in [-0.05, 0) is 44.2 Å². The third kappa shape index (κ3) is 9.27. The summed E-state index contributed by atoms with van der Waals surface area (Å²) in [7, 11) is -2.19. The Hall–Kier alpha value is -2.75. The van der Waals surface area contributed by atoms with Crippen LogP contribution in [0.1, 0.15) is 64.5 Å². The number of aryl methyl sites for hydroxylation is 2. The Kier molecular flexibility index (Phi) is 15.1. The quantitative estimate of drug-likeness (QED) is 0.235. The number of hydrogen-bond acceptors (Lipinski definition) is 10. The Balaban J connectivity index is 0.00000312. The number of halogens is 2. The number of carbonyl (C=O) groups is 1. The third-order valence-corrected chi connectivity index (χ3v) is 10.6. The molecule has 13 nitrogen and oxygen atoms in total. The molecule has 16 heteroatoms. The number of piperidine rings is 1. The van der Waals surface area contributed by atoms with E-state index in [4.69, 9.17) is 14.5 Å². The Morgan fingerprint density at radius 1 is 1.06 bits per heavy atom. The number of benzene rings is 1. The smallest absolute Gasteiger partial charge is 0.305 e. The van der Waals surface area contributed by atoms with Crippen molar-refractivity contribution in [3.8, 4) is 17.1 Å². The minimum Gasteiger partial charge on any atom is -0.493 e. The number of aromatic nitrogens is 4. The van der Waals surface area contributed by atoms with Crippen LogP contribution in [0.4, 0.5) is 0 Å². The molecule has 1 atom stereocenters.